The van der Waals surface area contributed by atoms with E-state index >= 15 is 0 Å². The first kappa shape index (κ1) is 13.0. The fourth-order valence-corrected chi connectivity index (χ4v) is 2.18. The average Bonchev–Trinajstić information content (AvgIpc) is 2.86. The largest absolute Gasteiger partial charge is 0.486 e. The van der Waals surface area contributed by atoms with Crippen LogP contribution in [0.3, 0.4) is 0 Å². The molecule has 0 atom stereocenters. The van der Waals surface area contributed by atoms with Gasteiger partial charge in [0.05, 0.1) is 0 Å². The molecular formula is C13H17N3OS. The predicted molar refractivity (Wildman–Crippen MR) is 72.7 cm³/mol. The topological polar surface area (TPSA) is 47.0 Å². The Balaban J connectivity index is 1.80. The lowest BCUT2D eigenvalue weighted by Crippen LogP contribution is -2.13. The summed E-state index contributed by atoms with van der Waals surface area (Å²) in [7, 11) is 0. The molecule has 1 N–H and O–H groups in total. The maximum atomic E-state index is 5.62. The number of hydrogen-bond donors (Lipinski definition) is 1. The summed E-state index contributed by atoms with van der Waals surface area (Å²) in [4.78, 5) is 0. The molecule has 1 aromatic heterocycles. The minimum atomic E-state index is 0.482. The Labute approximate surface area is 111 Å². The number of ether oxygens (including phenoxy) is 1. The van der Waals surface area contributed by atoms with Gasteiger partial charge in [-0.3, -0.25) is 0 Å². The molecule has 0 bridgehead atoms. The van der Waals surface area contributed by atoms with Gasteiger partial charge in [0.25, 0.3) is 0 Å². The van der Waals surface area contributed by atoms with Gasteiger partial charge in [-0.05, 0) is 25.1 Å². The molecule has 0 aliphatic carbocycles. The molecule has 18 heavy (non-hydrogen) atoms. The van der Waals surface area contributed by atoms with Crippen molar-refractivity contribution in [2.45, 2.75) is 26.5 Å². The maximum Gasteiger partial charge on any atom is 0.155 e. The monoisotopic (exact) mass is 263 g/mol. The van der Waals surface area contributed by atoms with Crippen molar-refractivity contribution in [2.24, 2.45) is 0 Å². The Hall–Kier alpha value is -1.46. The second-order valence-electron chi connectivity index (χ2n) is 3.87. The zero-order valence-corrected chi connectivity index (χ0v) is 11.2. The summed E-state index contributed by atoms with van der Waals surface area (Å²) >= 11 is 1.59. The molecule has 0 aliphatic rings. The molecule has 2 rings (SSSR count). The van der Waals surface area contributed by atoms with Crippen molar-refractivity contribution in [1.29, 1.82) is 0 Å². The molecule has 1 aromatic carbocycles. The number of rotatable bonds is 7. The van der Waals surface area contributed by atoms with E-state index < -0.39 is 0 Å². The molecule has 4 nitrogen and oxygen atoms in total. The predicted octanol–water partition coefficient (Wildman–Crippen LogP) is 2.62. The molecule has 1 heterocycles. The van der Waals surface area contributed by atoms with Crippen molar-refractivity contribution in [1.82, 2.24) is 15.5 Å². The van der Waals surface area contributed by atoms with Crippen LogP contribution in [0.5, 0.6) is 5.75 Å². The molecule has 0 aliphatic heterocycles. The van der Waals surface area contributed by atoms with Gasteiger partial charge < -0.3 is 10.1 Å². The van der Waals surface area contributed by atoms with Gasteiger partial charge in [-0.1, -0.05) is 36.5 Å². The van der Waals surface area contributed by atoms with Gasteiger partial charge in [0, 0.05) is 6.54 Å². The molecule has 0 amide bonds. The minimum absolute atomic E-state index is 0.482. The summed E-state index contributed by atoms with van der Waals surface area (Å²) in [5, 5.41) is 13.5. The highest BCUT2D eigenvalue weighted by Crippen LogP contribution is 2.14. The highest BCUT2D eigenvalue weighted by atomic mass is 32.1. The lowest BCUT2D eigenvalue weighted by Gasteiger charge is -2.01. The molecular weight excluding hydrogens is 246 g/mol. The van der Waals surface area contributed by atoms with Gasteiger partial charge in [0.2, 0.25) is 0 Å². The van der Waals surface area contributed by atoms with E-state index in [-0.39, 0.29) is 0 Å². The van der Waals surface area contributed by atoms with Crippen LogP contribution in [0.15, 0.2) is 30.3 Å². The number of benzene rings is 1. The first-order valence-electron chi connectivity index (χ1n) is 6.08. The fraction of sp³-hybridized carbons (Fsp3) is 0.385. The minimum Gasteiger partial charge on any atom is -0.486 e. The summed E-state index contributed by atoms with van der Waals surface area (Å²) in [6.07, 6.45) is 1.13. The molecule has 0 saturated heterocycles. The summed E-state index contributed by atoms with van der Waals surface area (Å²) in [5.74, 6) is 0.860. The third-order valence-electron chi connectivity index (χ3n) is 2.32. The van der Waals surface area contributed by atoms with Crippen LogP contribution in [0, 0.1) is 0 Å². The lowest BCUT2D eigenvalue weighted by atomic mass is 10.3. The van der Waals surface area contributed by atoms with Crippen molar-refractivity contribution < 1.29 is 4.74 Å². The molecule has 0 saturated carbocycles. The quantitative estimate of drug-likeness (QED) is 0.780. The number of nitrogens with zero attached hydrogens (tertiary/aromatic N) is 2. The van der Waals surface area contributed by atoms with E-state index in [1.807, 2.05) is 30.3 Å². The van der Waals surface area contributed by atoms with Crippen LogP contribution in [0.25, 0.3) is 0 Å². The van der Waals surface area contributed by atoms with E-state index in [0.717, 1.165) is 35.3 Å². The zero-order chi connectivity index (χ0) is 12.6. The Bertz CT molecular complexity index is 458. The van der Waals surface area contributed by atoms with E-state index in [4.69, 9.17) is 4.74 Å². The third-order valence-corrected chi connectivity index (χ3v) is 3.21. The SMILES string of the molecule is CCCNCc1nnc(COc2ccccc2)s1. The van der Waals surface area contributed by atoms with Crippen LogP contribution in [0.4, 0.5) is 0 Å². The second kappa shape index (κ2) is 7.08. The summed E-state index contributed by atoms with van der Waals surface area (Å²) < 4.78 is 5.62. The van der Waals surface area contributed by atoms with Crippen LogP contribution in [0.1, 0.15) is 23.4 Å². The van der Waals surface area contributed by atoms with E-state index in [2.05, 4.69) is 22.4 Å². The Morgan fingerprint density at radius 2 is 1.94 bits per heavy atom. The van der Waals surface area contributed by atoms with Crippen molar-refractivity contribution >= 4 is 11.3 Å². The van der Waals surface area contributed by atoms with Crippen molar-refractivity contribution in [3.63, 3.8) is 0 Å². The van der Waals surface area contributed by atoms with Gasteiger partial charge in [0.15, 0.2) is 5.01 Å². The number of hydrogen-bond acceptors (Lipinski definition) is 5. The molecule has 2 aromatic rings. The smallest absolute Gasteiger partial charge is 0.155 e. The molecule has 0 unspecified atom stereocenters. The maximum absolute atomic E-state index is 5.62. The van der Waals surface area contributed by atoms with Crippen LogP contribution in [0.2, 0.25) is 0 Å². The Morgan fingerprint density at radius 3 is 2.72 bits per heavy atom. The average molecular weight is 263 g/mol. The number of nitrogens with one attached hydrogen (secondary N) is 1. The molecule has 0 radical (unpaired) electrons. The van der Waals surface area contributed by atoms with Gasteiger partial charge in [0.1, 0.15) is 17.4 Å². The first-order valence-corrected chi connectivity index (χ1v) is 6.90. The van der Waals surface area contributed by atoms with Crippen LogP contribution >= 0.6 is 11.3 Å². The molecule has 0 fully saturated rings. The van der Waals surface area contributed by atoms with E-state index in [9.17, 15) is 0 Å². The highest BCUT2D eigenvalue weighted by molar-refractivity contribution is 7.11. The second-order valence-corrected chi connectivity index (χ2v) is 5.01. The lowest BCUT2D eigenvalue weighted by molar-refractivity contribution is 0.304. The van der Waals surface area contributed by atoms with Gasteiger partial charge in [-0.15, -0.1) is 10.2 Å². The third kappa shape index (κ3) is 4.09. The van der Waals surface area contributed by atoms with E-state index in [1.165, 1.54) is 0 Å². The standard InChI is InChI=1S/C13H17N3OS/c1-2-8-14-9-12-15-16-13(18-12)10-17-11-6-4-3-5-7-11/h3-7,14H,2,8-10H2,1H3. The van der Waals surface area contributed by atoms with E-state index in [0.29, 0.717) is 6.61 Å². The summed E-state index contributed by atoms with van der Waals surface area (Å²) in [6, 6.07) is 9.75. The number of para-hydroxylation sites is 1. The van der Waals surface area contributed by atoms with Crippen molar-refractivity contribution in [3.05, 3.63) is 40.3 Å². The van der Waals surface area contributed by atoms with Crippen LogP contribution < -0.4 is 10.1 Å². The first-order chi connectivity index (χ1) is 8.88. The van der Waals surface area contributed by atoms with Gasteiger partial charge in [-0.2, -0.15) is 0 Å². The normalized spacial score (nSPS) is 10.5. The molecule has 5 heteroatoms. The van der Waals surface area contributed by atoms with Crippen molar-refractivity contribution in [2.75, 3.05) is 6.54 Å². The summed E-state index contributed by atoms with van der Waals surface area (Å²) in [5.41, 5.74) is 0. The van der Waals surface area contributed by atoms with Crippen molar-refractivity contribution in [3.8, 4) is 5.75 Å². The Kier molecular flexibility index (Phi) is 5.11. The Morgan fingerprint density at radius 1 is 1.17 bits per heavy atom. The molecule has 0 spiro atoms. The zero-order valence-electron chi connectivity index (χ0n) is 10.4. The van der Waals surface area contributed by atoms with Gasteiger partial charge >= 0.3 is 0 Å². The molecule has 96 valence electrons. The fourth-order valence-electron chi connectivity index (χ4n) is 1.45. The summed E-state index contributed by atoms with van der Waals surface area (Å²) in [6.45, 7) is 4.42. The van der Waals surface area contributed by atoms with Crippen LogP contribution in [-0.4, -0.2) is 16.7 Å². The number of aromatic nitrogens is 2. The highest BCUT2D eigenvalue weighted by Gasteiger charge is 2.04. The van der Waals surface area contributed by atoms with E-state index in [1.54, 1.807) is 11.3 Å². The van der Waals surface area contributed by atoms with Crippen LogP contribution in [-0.2, 0) is 13.2 Å². The van der Waals surface area contributed by atoms with Gasteiger partial charge in [-0.25, -0.2) is 0 Å².